The predicted molar refractivity (Wildman–Crippen MR) is 257 cm³/mol. The molecule has 2 aromatic carbocycles. The summed E-state index contributed by atoms with van der Waals surface area (Å²) in [6.45, 7) is 50.6. The molecule has 0 heterocycles. The molecule has 0 radical (unpaired) electrons. The van der Waals surface area contributed by atoms with Gasteiger partial charge < -0.3 is 10.4 Å². The van der Waals surface area contributed by atoms with E-state index in [0.29, 0.717) is 28.7 Å². The summed E-state index contributed by atoms with van der Waals surface area (Å²) in [5, 5.41) is 22.5. The first kappa shape index (κ1) is 58.5. The molecule has 0 aliphatic heterocycles. The molecule has 0 amide bonds. The molecule has 1 aliphatic rings. The number of allylic oxidation sites excluding steroid dienone is 2. The van der Waals surface area contributed by atoms with E-state index >= 15 is 0 Å². The van der Waals surface area contributed by atoms with Gasteiger partial charge in [-0.15, -0.1) is 6.58 Å². The second-order valence-corrected chi connectivity index (χ2v) is 19.4. The van der Waals surface area contributed by atoms with Crippen LogP contribution in [-0.4, -0.2) is 29.2 Å². The highest BCUT2D eigenvalue weighted by Gasteiger charge is 2.22. The van der Waals surface area contributed by atoms with Gasteiger partial charge in [-0.1, -0.05) is 112 Å². The molecule has 58 heavy (non-hydrogen) atoms. The van der Waals surface area contributed by atoms with Crippen molar-refractivity contribution in [1.82, 2.24) is 5.32 Å². The fourth-order valence-corrected chi connectivity index (χ4v) is 4.91. The van der Waals surface area contributed by atoms with Gasteiger partial charge in [-0.05, 0) is 151 Å². The van der Waals surface area contributed by atoms with Crippen LogP contribution in [0, 0.1) is 54.7 Å². The fourth-order valence-electron chi connectivity index (χ4n) is 4.91. The van der Waals surface area contributed by atoms with Crippen molar-refractivity contribution >= 4 is 17.2 Å². The molecule has 3 rings (SSSR count). The summed E-state index contributed by atoms with van der Waals surface area (Å²) in [7, 11) is 0. The number of rotatable bonds is 8. The Morgan fingerprint density at radius 1 is 0.862 bits per heavy atom. The van der Waals surface area contributed by atoms with Gasteiger partial charge in [0.2, 0.25) is 0 Å². The van der Waals surface area contributed by atoms with Crippen molar-refractivity contribution in [3.63, 3.8) is 0 Å². The number of aryl methyl sites for hydroxylation is 3. The monoisotopic (exact) mass is 803 g/mol. The number of aliphatic hydroxyl groups is 1. The number of nitrogens with zero attached hydrogens (tertiary/aromatic N) is 3. The maximum absolute atomic E-state index is 12.6. The molecular weight excluding hydrogens is 716 g/mol. The van der Waals surface area contributed by atoms with Crippen LogP contribution in [0.1, 0.15) is 173 Å². The maximum Gasteiger partial charge on any atom is 0.123 e. The minimum atomic E-state index is -0.959. The van der Waals surface area contributed by atoms with Crippen LogP contribution in [0.4, 0.5) is 10.1 Å². The van der Waals surface area contributed by atoms with Crippen LogP contribution >= 0.6 is 0 Å². The first-order valence-corrected chi connectivity index (χ1v) is 21.1. The molecule has 328 valence electrons. The lowest BCUT2D eigenvalue weighted by Gasteiger charge is -2.25. The summed E-state index contributed by atoms with van der Waals surface area (Å²) in [5.41, 5.74) is 10.9. The number of nitrogens with one attached hydrogen (secondary N) is 1. The van der Waals surface area contributed by atoms with Gasteiger partial charge in [0, 0.05) is 18.7 Å². The smallest absolute Gasteiger partial charge is 0.123 e. The molecule has 0 saturated heterocycles. The Morgan fingerprint density at radius 3 is 1.74 bits per heavy atom. The van der Waals surface area contributed by atoms with Crippen molar-refractivity contribution in [3.8, 4) is 6.07 Å². The molecule has 0 aromatic heterocycles. The highest BCUT2D eigenvalue weighted by atomic mass is 19.1. The molecule has 0 bridgehead atoms. The standard InChI is InChI=1S/C16H25N3.C12H15FO.C12H17N.2C5H12.C2H6/c1-11(2)6-7-18-14(5)19-16-9-12(3)15(10-17)8-13(16)4;1-9(2)8-12(3,14)10-4-6-11(13)7-5-10;1-8(2)13-12-7-10(4)9(3)6-11(12)5;2*1-5(2,3)4;1-2/h8,11,16H,6-7,9H2,1-5H3,(H,18,19);4-7,14H,1,8H2,2-3H3;6-7H,1-5H3;2*1-4H3;1-2H3. The normalized spacial score (nSPS) is 14.7. The Labute approximate surface area is 358 Å². The molecule has 6 heteroatoms. The van der Waals surface area contributed by atoms with E-state index in [1.54, 1.807) is 19.1 Å². The molecular formula is C52H87FN4O. The molecule has 2 unspecified atom stereocenters. The van der Waals surface area contributed by atoms with Crippen LogP contribution in [0.2, 0.25) is 0 Å². The van der Waals surface area contributed by atoms with Crippen molar-refractivity contribution in [2.45, 2.75) is 183 Å². The van der Waals surface area contributed by atoms with E-state index in [4.69, 9.17) is 5.26 Å². The topological polar surface area (TPSA) is 80.8 Å². The van der Waals surface area contributed by atoms with Gasteiger partial charge >= 0.3 is 0 Å². The van der Waals surface area contributed by atoms with E-state index < -0.39 is 5.60 Å². The van der Waals surface area contributed by atoms with Gasteiger partial charge in [-0.25, -0.2) is 4.39 Å². The summed E-state index contributed by atoms with van der Waals surface area (Å²) in [6.07, 6.45) is 4.48. The Bertz CT molecular complexity index is 1640. The highest BCUT2D eigenvalue weighted by Crippen LogP contribution is 2.27. The number of hydrogen-bond donors (Lipinski definition) is 2. The number of nitriles is 1. The Kier molecular flexibility index (Phi) is 28.8. The summed E-state index contributed by atoms with van der Waals surface area (Å²) in [5.74, 6) is 1.39. The minimum absolute atomic E-state index is 0.278. The third kappa shape index (κ3) is 32.2. The lowest BCUT2D eigenvalue weighted by molar-refractivity contribution is 0.0577. The molecule has 5 nitrogen and oxygen atoms in total. The quantitative estimate of drug-likeness (QED) is 0.158. The van der Waals surface area contributed by atoms with Crippen molar-refractivity contribution in [2.75, 3.05) is 6.54 Å². The largest absolute Gasteiger partial charge is 0.385 e. The summed E-state index contributed by atoms with van der Waals surface area (Å²) in [6, 6.07) is 12.8. The average molecular weight is 803 g/mol. The van der Waals surface area contributed by atoms with Crippen molar-refractivity contribution in [1.29, 1.82) is 5.26 Å². The number of hydrogen-bond acceptors (Lipinski definition) is 4. The van der Waals surface area contributed by atoms with Crippen LogP contribution in [0.5, 0.6) is 0 Å². The van der Waals surface area contributed by atoms with Crippen molar-refractivity contribution in [2.24, 2.45) is 26.7 Å². The second-order valence-electron chi connectivity index (χ2n) is 19.4. The SMILES string of the molecule is C=C(C)CC(C)(O)c1ccc(F)cc1.CC.CC(C)(C)C.CC(C)(C)C.CC(C)=Nc1cc(C)c(C)cc1C.CC1=CC(C#N)=C(C)CC1NC(C)=NCCC(C)C. The maximum atomic E-state index is 12.6. The molecule has 2 aromatic rings. The van der Waals surface area contributed by atoms with E-state index in [0.717, 1.165) is 53.3 Å². The molecule has 1 aliphatic carbocycles. The average Bonchev–Trinajstić information content (AvgIpc) is 3.04. The number of halogens is 1. The molecule has 2 atom stereocenters. The van der Waals surface area contributed by atoms with Gasteiger partial charge in [0.25, 0.3) is 0 Å². The Balaban J connectivity index is -0.000000695. The van der Waals surface area contributed by atoms with E-state index in [-0.39, 0.29) is 11.9 Å². The van der Waals surface area contributed by atoms with Crippen LogP contribution in [0.15, 0.2) is 81.3 Å². The van der Waals surface area contributed by atoms with E-state index in [1.807, 2.05) is 54.5 Å². The van der Waals surface area contributed by atoms with E-state index in [9.17, 15) is 9.50 Å². The Morgan fingerprint density at radius 2 is 1.33 bits per heavy atom. The first-order chi connectivity index (χ1) is 26.4. The zero-order valence-corrected chi connectivity index (χ0v) is 41.4. The molecule has 0 fully saturated rings. The lowest BCUT2D eigenvalue weighted by Crippen LogP contribution is -2.36. The molecule has 2 N–H and O–H groups in total. The summed E-state index contributed by atoms with van der Waals surface area (Å²) >= 11 is 0. The van der Waals surface area contributed by atoms with Gasteiger partial charge in [-0.2, -0.15) is 5.26 Å². The van der Waals surface area contributed by atoms with Gasteiger partial charge in [-0.3, -0.25) is 9.98 Å². The minimum Gasteiger partial charge on any atom is -0.385 e. The third-order valence-corrected chi connectivity index (χ3v) is 7.72. The van der Waals surface area contributed by atoms with Crippen LogP contribution in [0.25, 0.3) is 0 Å². The number of amidine groups is 1. The summed E-state index contributed by atoms with van der Waals surface area (Å²) in [4.78, 5) is 9.03. The van der Waals surface area contributed by atoms with E-state index in [2.05, 4.69) is 137 Å². The molecule has 0 spiro atoms. The van der Waals surface area contributed by atoms with Gasteiger partial charge in [0.15, 0.2) is 0 Å². The zero-order chi connectivity index (χ0) is 46.2. The molecule has 0 saturated carbocycles. The van der Waals surface area contributed by atoms with Crippen LogP contribution in [0.3, 0.4) is 0 Å². The third-order valence-electron chi connectivity index (χ3n) is 7.72. The second kappa shape index (κ2) is 28.6. The number of benzene rings is 2. The first-order valence-electron chi connectivity index (χ1n) is 21.1. The number of aliphatic imine (C=N–C) groups is 2. The predicted octanol–water partition coefficient (Wildman–Crippen LogP) is 15.5. The van der Waals surface area contributed by atoms with Crippen molar-refractivity contribution < 1.29 is 9.50 Å². The van der Waals surface area contributed by atoms with Crippen LogP contribution < -0.4 is 5.32 Å². The van der Waals surface area contributed by atoms with Gasteiger partial charge in [0.1, 0.15) is 5.82 Å². The fraction of sp³-hybridized carbons (Fsp3) is 0.596. The van der Waals surface area contributed by atoms with Crippen LogP contribution in [-0.2, 0) is 5.60 Å². The zero-order valence-electron chi connectivity index (χ0n) is 41.4. The summed E-state index contributed by atoms with van der Waals surface area (Å²) < 4.78 is 12.6. The lowest BCUT2D eigenvalue weighted by atomic mass is 9.90. The Hall–Kier alpha value is -3.82. The van der Waals surface area contributed by atoms with Gasteiger partial charge in [0.05, 0.1) is 34.8 Å². The highest BCUT2D eigenvalue weighted by molar-refractivity contribution is 5.82. The van der Waals surface area contributed by atoms with Crippen molar-refractivity contribution in [3.05, 3.63) is 99.4 Å². The van der Waals surface area contributed by atoms with E-state index in [1.165, 1.54) is 34.4 Å².